The number of allylic oxidation sites excluding steroid dienone is 1. The second-order valence-corrected chi connectivity index (χ2v) is 10.3. The number of nitrogens with one attached hydrogen (secondary N) is 1. The van der Waals surface area contributed by atoms with Gasteiger partial charge in [-0.15, -0.1) is 0 Å². The van der Waals surface area contributed by atoms with Crippen molar-refractivity contribution in [2.24, 2.45) is 11.8 Å². The normalized spacial score (nSPS) is 33.3. The van der Waals surface area contributed by atoms with E-state index in [0.717, 1.165) is 18.4 Å². The summed E-state index contributed by atoms with van der Waals surface area (Å²) in [7, 11) is -3.98. The predicted octanol–water partition coefficient (Wildman–Crippen LogP) is 1.61. The van der Waals surface area contributed by atoms with Gasteiger partial charge >= 0.3 is 5.97 Å². The number of benzene rings is 1. The Morgan fingerprint density at radius 2 is 2.00 bits per heavy atom. The summed E-state index contributed by atoms with van der Waals surface area (Å²) in [6, 6.07) is 6.26. The van der Waals surface area contributed by atoms with Crippen molar-refractivity contribution in [2.75, 3.05) is 6.61 Å². The summed E-state index contributed by atoms with van der Waals surface area (Å²) in [4.78, 5) is 25.3. The number of rotatable bonds is 7. The zero-order valence-corrected chi connectivity index (χ0v) is 18.4. The minimum atomic E-state index is -3.98. The molecule has 0 spiro atoms. The van der Waals surface area contributed by atoms with Gasteiger partial charge in [0.2, 0.25) is 11.4 Å². The minimum Gasteiger partial charge on any atom is -0.453 e. The molecule has 2 heterocycles. The fourth-order valence-corrected chi connectivity index (χ4v) is 5.85. The van der Waals surface area contributed by atoms with E-state index in [0.29, 0.717) is 6.42 Å². The van der Waals surface area contributed by atoms with Crippen LogP contribution in [-0.4, -0.2) is 49.3 Å². The molecule has 2 saturated heterocycles. The van der Waals surface area contributed by atoms with Crippen LogP contribution in [0.3, 0.4) is 0 Å². The summed E-state index contributed by atoms with van der Waals surface area (Å²) in [5.41, 5.74) is -1.89. The molecule has 4 rings (SSSR count). The maximum absolute atomic E-state index is 12.8. The highest BCUT2D eigenvalue weighted by atomic mass is 32.2. The molecule has 1 aliphatic carbocycles. The molecule has 31 heavy (non-hydrogen) atoms. The van der Waals surface area contributed by atoms with Crippen molar-refractivity contribution in [1.29, 1.82) is 0 Å². The van der Waals surface area contributed by atoms with E-state index in [1.54, 1.807) is 19.1 Å². The number of carbonyl (C=O) groups excluding carboxylic acids is 2. The van der Waals surface area contributed by atoms with Gasteiger partial charge in [0.15, 0.2) is 5.60 Å². The summed E-state index contributed by atoms with van der Waals surface area (Å²) in [5, 5.41) is 13.7. The predicted molar refractivity (Wildman–Crippen MR) is 110 cm³/mol. The van der Waals surface area contributed by atoms with E-state index >= 15 is 0 Å². The van der Waals surface area contributed by atoms with E-state index in [-0.39, 0.29) is 23.8 Å². The van der Waals surface area contributed by atoms with Crippen LogP contribution in [0.15, 0.2) is 41.3 Å². The summed E-state index contributed by atoms with van der Waals surface area (Å²) < 4.78 is 35.4. The molecule has 8 nitrogen and oxygen atoms in total. The maximum Gasteiger partial charge on any atom is 0.339 e. The van der Waals surface area contributed by atoms with Crippen LogP contribution in [0.2, 0.25) is 0 Å². The molecule has 3 aliphatic rings. The molecule has 0 unspecified atom stereocenters. The fourth-order valence-electron chi connectivity index (χ4n) is 4.93. The highest BCUT2D eigenvalue weighted by Gasteiger charge is 2.79. The molecule has 0 saturated carbocycles. The lowest BCUT2D eigenvalue weighted by molar-refractivity contribution is -0.238. The van der Waals surface area contributed by atoms with Gasteiger partial charge in [-0.25, -0.2) is 4.79 Å². The molecule has 9 heteroatoms. The zero-order valence-electron chi connectivity index (χ0n) is 17.5. The van der Waals surface area contributed by atoms with Gasteiger partial charge in [-0.1, -0.05) is 29.8 Å². The number of hydrogen-bond acceptors (Lipinski definition) is 7. The van der Waals surface area contributed by atoms with Crippen LogP contribution < -0.4 is 5.32 Å². The van der Waals surface area contributed by atoms with Gasteiger partial charge in [0.1, 0.15) is 0 Å². The van der Waals surface area contributed by atoms with Gasteiger partial charge in [-0.3, -0.25) is 8.98 Å². The molecule has 168 valence electrons. The van der Waals surface area contributed by atoms with E-state index in [1.807, 2.05) is 19.1 Å². The number of aryl methyl sites for hydroxylation is 1. The maximum atomic E-state index is 12.8. The lowest BCUT2D eigenvalue weighted by Crippen LogP contribution is -2.80. The highest BCUT2D eigenvalue weighted by Crippen LogP contribution is 2.53. The topological polar surface area (TPSA) is 119 Å². The van der Waals surface area contributed by atoms with Crippen molar-refractivity contribution in [3.63, 3.8) is 0 Å². The Bertz CT molecular complexity index is 1020. The zero-order chi connectivity index (χ0) is 22.4. The van der Waals surface area contributed by atoms with Gasteiger partial charge in [0.25, 0.3) is 10.1 Å². The van der Waals surface area contributed by atoms with Crippen LogP contribution in [-0.2, 0) is 28.6 Å². The number of fused-ring (bicyclic) bond motifs is 1. The van der Waals surface area contributed by atoms with Crippen molar-refractivity contribution in [2.45, 2.75) is 61.7 Å². The summed E-state index contributed by atoms with van der Waals surface area (Å²) in [5.74, 6) is -2.21. The molecular weight excluding hydrogens is 422 g/mol. The van der Waals surface area contributed by atoms with Crippen molar-refractivity contribution in [3.8, 4) is 0 Å². The van der Waals surface area contributed by atoms with Crippen LogP contribution in [0.5, 0.6) is 0 Å². The third-order valence-corrected chi connectivity index (χ3v) is 8.13. The minimum absolute atomic E-state index is 0.0235. The Morgan fingerprint density at radius 1 is 1.29 bits per heavy atom. The number of carbonyl (C=O) groups is 2. The number of amides is 1. The van der Waals surface area contributed by atoms with Crippen LogP contribution in [0, 0.1) is 18.8 Å². The Morgan fingerprint density at radius 3 is 2.61 bits per heavy atom. The van der Waals surface area contributed by atoms with Crippen molar-refractivity contribution in [3.05, 3.63) is 42.0 Å². The van der Waals surface area contributed by atoms with Gasteiger partial charge in [-0.05, 0) is 51.7 Å². The Kier molecular flexibility index (Phi) is 5.47. The second-order valence-electron chi connectivity index (χ2n) is 8.69. The van der Waals surface area contributed by atoms with E-state index in [1.165, 1.54) is 12.1 Å². The molecule has 0 radical (unpaired) electrons. The molecule has 5 atom stereocenters. The van der Waals surface area contributed by atoms with Crippen LogP contribution >= 0.6 is 0 Å². The second kappa shape index (κ2) is 7.72. The summed E-state index contributed by atoms with van der Waals surface area (Å²) in [6.45, 7) is 3.21. The monoisotopic (exact) mass is 449 g/mol. The van der Waals surface area contributed by atoms with Gasteiger partial charge in [0, 0.05) is 5.92 Å². The molecule has 1 amide bonds. The quantitative estimate of drug-likeness (QED) is 0.369. The molecule has 0 aromatic heterocycles. The highest BCUT2D eigenvalue weighted by molar-refractivity contribution is 7.86. The average Bonchev–Trinajstić information content (AvgIpc) is 2.91. The van der Waals surface area contributed by atoms with Crippen molar-refractivity contribution >= 4 is 22.0 Å². The Hall–Kier alpha value is -2.23. The smallest absolute Gasteiger partial charge is 0.339 e. The molecule has 1 aromatic carbocycles. The van der Waals surface area contributed by atoms with E-state index in [2.05, 4.69) is 5.32 Å². The number of hydrogen-bond donors (Lipinski definition) is 2. The largest absolute Gasteiger partial charge is 0.453 e. The third kappa shape index (κ3) is 3.39. The molecule has 1 aromatic rings. The van der Waals surface area contributed by atoms with Crippen LogP contribution in [0.1, 0.15) is 38.2 Å². The van der Waals surface area contributed by atoms with Gasteiger partial charge < -0.3 is 15.2 Å². The van der Waals surface area contributed by atoms with Crippen LogP contribution in [0.4, 0.5) is 0 Å². The Balaban J connectivity index is 1.48. The molecule has 0 bridgehead atoms. The van der Waals surface area contributed by atoms with E-state index in [9.17, 15) is 23.1 Å². The average molecular weight is 450 g/mol. The standard InChI is InChI=1S/C22H27NO7S/c1-14-8-10-16(11-9-14)31(27,28)29-13-12-17-19(25)23-22(20(26)30-21(17,22)2)18(24)15-6-4-3-5-7-15/h4,6,8-11,15,17-18,24H,3,5,7,12-13H2,1-2H3,(H,23,25)/t15-,17+,18-,21+,22+/m1/s1. The van der Waals surface area contributed by atoms with Crippen molar-refractivity contribution < 1.29 is 32.0 Å². The number of aliphatic hydroxyl groups excluding tert-OH is 1. The fraction of sp³-hybridized carbons (Fsp3) is 0.545. The van der Waals surface area contributed by atoms with Gasteiger partial charge in [-0.2, -0.15) is 8.42 Å². The molecular formula is C22H27NO7S. The number of ether oxygens (including phenoxy) is 1. The first kappa shape index (κ1) is 22.0. The molecule has 2 fully saturated rings. The first-order chi connectivity index (χ1) is 14.6. The van der Waals surface area contributed by atoms with Gasteiger partial charge in [0.05, 0.1) is 23.5 Å². The van der Waals surface area contributed by atoms with E-state index in [4.69, 9.17) is 8.92 Å². The SMILES string of the molecule is Cc1ccc(S(=O)(=O)OCC[C@H]2C(=O)N[C@@]3([C@H](O)[C@@H]4C=CCCC4)C(=O)O[C@@]23C)cc1. The first-order valence-electron chi connectivity index (χ1n) is 10.5. The summed E-state index contributed by atoms with van der Waals surface area (Å²) >= 11 is 0. The van der Waals surface area contributed by atoms with Crippen molar-refractivity contribution in [1.82, 2.24) is 5.32 Å². The number of aliphatic hydroxyl groups is 1. The lowest BCUT2D eigenvalue weighted by Gasteiger charge is -2.54. The third-order valence-electron chi connectivity index (χ3n) is 6.81. The van der Waals surface area contributed by atoms with E-state index < -0.39 is 45.2 Å². The lowest BCUT2D eigenvalue weighted by atomic mass is 9.64. The summed E-state index contributed by atoms with van der Waals surface area (Å²) in [6.07, 6.45) is 5.26. The molecule has 2 aliphatic heterocycles. The molecule has 2 N–H and O–H groups in total. The first-order valence-corrected chi connectivity index (χ1v) is 11.9. The van der Waals surface area contributed by atoms with Crippen LogP contribution in [0.25, 0.3) is 0 Å². The Labute approximate surface area is 181 Å². The number of esters is 1.